The van der Waals surface area contributed by atoms with E-state index < -0.39 is 6.10 Å². The van der Waals surface area contributed by atoms with Crippen molar-refractivity contribution in [3.05, 3.63) is 70.3 Å². The van der Waals surface area contributed by atoms with Crippen LogP contribution in [0, 0.1) is 11.8 Å². The van der Waals surface area contributed by atoms with Crippen LogP contribution in [0.4, 0.5) is 0 Å². The smallest absolute Gasteiger partial charge is 0.131 e. The van der Waals surface area contributed by atoms with Crippen molar-refractivity contribution in [3.8, 4) is 5.75 Å². The number of methoxy groups -OCH3 is 1. The summed E-state index contributed by atoms with van der Waals surface area (Å²) in [6, 6.07) is 16.6. The summed E-state index contributed by atoms with van der Waals surface area (Å²) in [6.07, 6.45) is 4.88. The highest BCUT2D eigenvalue weighted by atomic mass is 79.9. The molecule has 5 atom stereocenters. The number of fused-ring (bicyclic) bond motifs is 4. The SMILES string of the molecule is CCC1C[N+]2(Cc3cc(OC)ccc3Br)CCC1CC2C(O)c1ccnc2ccccc12. The molecule has 6 rings (SSSR count). The molecule has 0 radical (unpaired) electrons. The Morgan fingerprint density at radius 3 is 2.88 bits per heavy atom. The van der Waals surface area contributed by atoms with E-state index >= 15 is 0 Å². The Labute approximate surface area is 199 Å². The number of rotatable bonds is 6. The van der Waals surface area contributed by atoms with Crippen molar-refractivity contribution in [1.29, 1.82) is 0 Å². The Hall–Kier alpha value is -1.95. The van der Waals surface area contributed by atoms with Gasteiger partial charge >= 0.3 is 0 Å². The molecule has 3 fully saturated rings. The van der Waals surface area contributed by atoms with Gasteiger partial charge in [-0.25, -0.2) is 0 Å². The zero-order chi connectivity index (χ0) is 22.3. The monoisotopic (exact) mass is 495 g/mol. The fraction of sp³-hybridized carbons (Fsp3) is 0.444. The second-order valence-electron chi connectivity index (χ2n) is 9.62. The number of pyridine rings is 1. The third-order valence-electron chi connectivity index (χ3n) is 8.09. The molecule has 4 heterocycles. The van der Waals surface area contributed by atoms with Gasteiger partial charge in [-0.2, -0.15) is 0 Å². The van der Waals surface area contributed by atoms with Gasteiger partial charge in [0.1, 0.15) is 24.4 Å². The maximum atomic E-state index is 11.9. The van der Waals surface area contributed by atoms with Gasteiger partial charge < -0.3 is 14.3 Å². The van der Waals surface area contributed by atoms with Crippen LogP contribution in [0.3, 0.4) is 0 Å². The Bertz CT molecular complexity index is 1110. The van der Waals surface area contributed by atoms with Crippen LogP contribution in [0.15, 0.2) is 59.2 Å². The Morgan fingerprint density at radius 2 is 2.06 bits per heavy atom. The van der Waals surface area contributed by atoms with Crippen LogP contribution >= 0.6 is 15.9 Å². The lowest BCUT2D eigenvalue weighted by molar-refractivity contribution is -0.986. The number of piperidine rings is 3. The fourth-order valence-electron chi connectivity index (χ4n) is 6.38. The van der Waals surface area contributed by atoms with Gasteiger partial charge in [-0.15, -0.1) is 0 Å². The van der Waals surface area contributed by atoms with Crippen molar-refractivity contribution < 1.29 is 14.3 Å². The van der Waals surface area contributed by atoms with E-state index in [2.05, 4.69) is 46.0 Å². The molecule has 5 heteroatoms. The first-order valence-electron chi connectivity index (χ1n) is 11.7. The quantitative estimate of drug-likeness (QED) is 0.434. The summed E-state index contributed by atoms with van der Waals surface area (Å²) in [6.45, 7) is 5.49. The number of hydrogen-bond acceptors (Lipinski definition) is 3. The summed E-state index contributed by atoms with van der Waals surface area (Å²) < 4.78 is 7.59. The maximum Gasteiger partial charge on any atom is 0.131 e. The summed E-state index contributed by atoms with van der Waals surface area (Å²) >= 11 is 3.78. The van der Waals surface area contributed by atoms with Gasteiger partial charge in [-0.1, -0.05) is 41.1 Å². The second-order valence-corrected chi connectivity index (χ2v) is 10.5. The van der Waals surface area contributed by atoms with Crippen molar-refractivity contribution in [2.75, 3.05) is 20.2 Å². The molecule has 1 N–H and O–H groups in total. The maximum absolute atomic E-state index is 11.9. The third-order valence-corrected chi connectivity index (χ3v) is 8.86. The Kier molecular flexibility index (Phi) is 5.99. The van der Waals surface area contributed by atoms with Gasteiger partial charge in [0.05, 0.1) is 25.7 Å². The molecular formula is C27H32BrN2O2+. The first-order chi connectivity index (χ1) is 15.5. The summed E-state index contributed by atoms with van der Waals surface area (Å²) in [5, 5.41) is 12.9. The molecule has 3 aliphatic heterocycles. The highest BCUT2D eigenvalue weighted by Gasteiger charge is 2.54. The average Bonchev–Trinajstić information content (AvgIpc) is 2.84. The number of ether oxygens (including phenoxy) is 1. The third kappa shape index (κ3) is 3.74. The lowest BCUT2D eigenvalue weighted by Crippen LogP contribution is -2.67. The number of benzene rings is 2. The number of aliphatic hydroxyl groups is 1. The molecule has 2 aromatic carbocycles. The molecule has 0 spiro atoms. The number of hydrogen-bond donors (Lipinski definition) is 1. The second kappa shape index (κ2) is 8.77. The number of nitrogens with zero attached hydrogens (tertiary/aromatic N) is 2. The predicted molar refractivity (Wildman–Crippen MR) is 131 cm³/mol. The molecule has 0 amide bonds. The molecule has 3 aromatic rings. The minimum absolute atomic E-state index is 0.181. The van der Waals surface area contributed by atoms with E-state index in [0.717, 1.165) is 63.1 Å². The molecule has 3 saturated heterocycles. The first kappa shape index (κ1) is 21.9. The standard InChI is InChI=1S/C27H32BrN2O2/c1-3-18-16-30(17-20-14-21(32-2)8-9-24(20)28)13-11-19(18)15-26(30)27(31)23-10-12-29-25-7-5-4-6-22(23)25/h4-10,12,14,18-19,26-27,31H,3,11,13,15-17H2,1-2H3/q+1. The van der Waals surface area contributed by atoms with Gasteiger partial charge in [0, 0.05) is 40.4 Å². The largest absolute Gasteiger partial charge is 0.497 e. The molecule has 5 unspecified atom stereocenters. The predicted octanol–water partition coefficient (Wildman–Crippen LogP) is 5.87. The van der Waals surface area contributed by atoms with Crippen LogP contribution in [0.5, 0.6) is 5.75 Å². The van der Waals surface area contributed by atoms with E-state index in [-0.39, 0.29) is 6.04 Å². The van der Waals surface area contributed by atoms with Crippen molar-refractivity contribution in [2.45, 2.75) is 44.9 Å². The minimum Gasteiger partial charge on any atom is -0.497 e. The number of aromatic nitrogens is 1. The van der Waals surface area contributed by atoms with Gasteiger partial charge in [0.25, 0.3) is 0 Å². The summed E-state index contributed by atoms with van der Waals surface area (Å²) in [5.41, 5.74) is 3.23. The summed E-state index contributed by atoms with van der Waals surface area (Å²) in [4.78, 5) is 4.52. The van der Waals surface area contributed by atoms with Crippen molar-refractivity contribution in [2.24, 2.45) is 11.8 Å². The van der Waals surface area contributed by atoms with Crippen LogP contribution in [0.25, 0.3) is 10.9 Å². The number of halogens is 1. The van der Waals surface area contributed by atoms with E-state index in [0.29, 0.717) is 5.92 Å². The Balaban J connectivity index is 1.56. The summed E-state index contributed by atoms with van der Waals surface area (Å²) in [5.74, 6) is 2.32. The van der Waals surface area contributed by atoms with E-state index in [1.54, 1.807) is 7.11 Å². The van der Waals surface area contributed by atoms with E-state index in [4.69, 9.17) is 4.74 Å². The molecule has 1 aromatic heterocycles. The first-order valence-corrected chi connectivity index (χ1v) is 12.5. The van der Waals surface area contributed by atoms with Crippen LogP contribution in [0.1, 0.15) is 43.4 Å². The van der Waals surface area contributed by atoms with E-state index in [9.17, 15) is 5.11 Å². The molecular weight excluding hydrogens is 464 g/mol. The molecule has 3 aliphatic rings. The van der Waals surface area contributed by atoms with Crippen molar-refractivity contribution >= 4 is 26.8 Å². The van der Waals surface area contributed by atoms with E-state index in [1.807, 2.05) is 36.5 Å². The number of quaternary nitrogens is 1. The minimum atomic E-state index is -0.507. The lowest BCUT2D eigenvalue weighted by atomic mass is 9.70. The molecule has 168 valence electrons. The highest BCUT2D eigenvalue weighted by Crippen LogP contribution is 2.49. The average molecular weight is 496 g/mol. The van der Waals surface area contributed by atoms with Gasteiger partial charge in [0.15, 0.2) is 0 Å². The van der Waals surface area contributed by atoms with E-state index in [1.165, 1.54) is 18.4 Å². The van der Waals surface area contributed by atoms with Crippen LogP contribution in [-0.4, -0.2) is 40.8 Å². The zero-order valence-electron chi connectivity index (χ0n) is 18.9. The van der Waals surface area contributed by atoms with Gasteiger partial charge in [-0.05, 0) is 48.2 Å². The molecule has 0 saturated carbocycles. The van der Waals surface area contributed by atoms with Gasteiger partial charge in [0.2, 0.25) is 0 Å². The molecule has 0 aliphatic carbocycles. The van der Waals surface area contributed by atoms with Crippen LogP contribution < -0.4 is 4.74 Å². The number of para-hydroxylation sites is 1. The Morgan fingerprint density at radius 1 is 1.22 bits per heavy atom. The fourth-order valence-corrected chi connectivity index (χ4v) is 6.76. The topological polar surface area (TPSA) is 42.4 Å². The van der Waals surface area contributed by atoms with Gasteiger partial charge in [-0.3, -0.25) is 4.98 Å². The molecule has 4 nitrogen and oxygen atoms in total. The normalized spacial score (nSPS) is 28.1. The highest BCUT2D eigenvalue weighted by molar-refractivity contribution is 9.10. The van der Waals surface area contributed by atoms with Crippen LogP contribution in [0.2, 0.25) is 0 Å². The van der Waals surface area contributed by atoms with Crippen LogP contribution in [-0.2, 0) is 6.54 Å². The van der Waals surface area contributed by atoms with Crippen molar-refractivity contribution in [3.63, 3.8) is 0 Å². The lowest BCUT2D eigenvalue weighted by Gasteiger charge is -2.58. The number of aliphatic hydroxyl groups excluding tert-OH is 1. The molecule has 2 bridgehead atoms. The zero-order valence-corrected chi connectivity index (χ0v) is 20.5. The van der Waals surface area contributed by atoms with Crippen molar-refractivity contribution in [1.82, 2.24) is 4.98 Å². The summed E-state index contributed by atoms with van der Waals surface area (Å²) in [7, 11) is 1.72. The molecule has 32 heavy (non-hydrogen) atoms.